The molecule has 10 heteroatoms. The molecule has 0 amide bonds. The highest BCUT2D eigenvalue weighted by atomic mass is 79.9. The number of nitrogens with two attached hydrogens (primary N) is 1. The van der Waals surface area contributed by atoms with Crippen molar-refractivity contribution in [2.24, 2.45) is 19.5 Å². The molecule has 0 radical (unpaired) electrons. The number of hydrogen-bond donors (Lipinski definition) is 2. The van der Waals surface area contributed by atoms with Crippen LogP contribution >= 0.6 is 15.9 Å². The van der Waals surface area contributed by atoms with Crippen molar-refractivity contribution in [3.8, 4) is 5.88 Å². The summed E-state index contributed by atoms with van der Waals surface area (Å²) in [5.41, 5.74) is -1.67. The molecule has 1 aromatic heterocycles. The lowest BCUT2D eigenvalue weighted by Gasteiger charge is -2.34. The molecule has 1 aliphatic carbocycles. The van der Waals surface area contributed by atoms with Gasteiger partial charge in [-0.2, -0.15) is 0 Å². The number of ether oxygens (including phenoxy) is 1. The van der Waals surface area contributed by atoms with Crippen LogP contribution < -0.4 is 21.7 Å². The van der Waals surface area contributed by atoms with E-state index in [1.807, 2.05) is 13.8 Å². The van der Waals surface area contributed by atoms with Gasteiger partial charge in [0.05, 0.1) is 26.3 Å². The number of quaternary nitrogens is 1. The van der Waals surface area contributed by atoms with Gasteiger partial charge in [0, 0.05) is 48.5 Å². The van der Waals surface area contributed by atoms with Gasteiger partial charge in [-0.15, -0.1) is 0 Å². The average molecular weight is 550 g/mol. The molecule has 1 aromatic carbocycles. The normalized spacial score (nSPS) is 18.6. The first-order chi connectivity index (χ1) is 16.5. The molecular weight excluding hydrogens is 518 g/mol. The van der Waals surface area contributed by atoms with E-state index in [4.69, 9.17) is 4.74 Å². The van der Waals surface area contributed by atoms with Crippen molar-refractivity contribution in [3.05, 3.63) is 72.0 Å². The molecule has 1 saturated heterocycles. The third-order valence-electron chi connectivity index (χ3n) is 6.27. The number of morpholine rings is 1. The Hall–Kier alpha value is -2.69. The maximum Gasteiger partial charge on any atom is 0.329 e. The summed E-state index contributed by atoms with van der Waals surface area (Å²) in [7, 11) is 2.56. The monoisotopic (exact) mass is 549 g/mol. The summed E-state index contributed by atoms with van der Waals surface area (Å²) in [5, 5.41) is 26.1. The van der Waals surface area contributed by atoms with Crippen LogP contribution in [0.3, 0.4) is 0 Å². The van der Waals surface area contributed by atoms with Gasteiger partial charge < -0.3 is 24.8 Å². The third kappa shape index (κ3) is 5.76. The lowest BCUT2D eigenvalue weighted by Crippen LogP contribution is -2.87. The maximum absolute atomic E-state index is 13.1. The molecule has 4 rings (SSSR count). The molecule has 1 unspecified atom stereocenters. The SMILES string of the molecule is C1COCC[NH2+]1.Cn1c([O-])c(C(C2=C(O)CC(C)(C)CC2=O)c2ccccc2Br)c(=O)n(C)c1=O. The fourth-order valence-corrected chi connectivity index (χ4v) is 4.99. The smallest absolute Gasteiger partial charge is 0.329 e. The number of carbonyl (C=O) groups is 1. The van der Waals surface area contributed by atoms with Crippen molar-refractivity contribution in [2.45, 2.75) is 32.6 Å². The van der Waals surface area contributed by atoms with E-state index < -0.39 is 28.5 Å². The summed E-state index contributed by atoms with van der Waals surface area (Å²) in [4.78, 5) is 38.2. The predicted octanol–water partition coefficient (Wildman–Crippen LogP) is 0.833. The molecule has 35 heavy (non-hydrogen) atoms. The van der Waals surface area contributed by atoms with E-state index in [0.717, 1.165) is 35.4 Å². The number of ketones is 1. The van der Waals surface area contributed by atoms with E-state index in [-0.39, 0.29) is 35.5 Å². The van der Waals surface area contributed by atoms with Crippen LogP contribution in [0.2, 0.25) is 0 Å². The number of aromatic nitrogens is 2. The molecule has 0 bridgehead atoms. The fourth-order valence-electron chi connectivity index (χ4n) is 4.47. The summed E-state index contributed by atoms with van der Waals surface area (Å²) >= 11 is 3.43. The van der Waals surface area contributed by atoms with E-state index in [1.54, 1.807) is 24.3 Å². The largest absolute Gasteiger partial charge is 0.860 e. The molecule has 1 aliphatic heterocycles. The quantitative estimate of drug-likeness (QED) is 0.583. The molecule has 0 saturated carbocycles. The van der Waals surface area contributed by atoms with Crippen molar-refractivity contribution in [3.63, 3.8) is 0 Å². The number of nitrogens with zero attached hydrogens (tertiary/aromatic N) is 2. The lowest BCUT2D eigenvalue weighted by atomic mass is 9.71. The highest BCUT2D eigenvalue weighted by molar-refractivity contribution is 9.10. The molecule has 3 N–H and O–H groups in total. The zero-order valence-corrected chi connectivity index (χ0v) is 22.1. The van der Waals surface area contributed by atoms with E-state index >= 15 is 0 Å². The molecule has 2 heterocycles. The van der Waals surface area contributed by atoms with Crippen LogP contribution in [0.15, 0.2) is 49.7 Å². The Morgan fingerprint density at radius 1 is 1.09 bits per heavy atom. The first kappa shape index (κ1) is 26.9. The van der Waals surface area contributed by atoms with Gasteiger partial charge in [-0.25, -0.2) is 4.79 Å². The first-order valence-electron chi connectivity index (χ1n) is 11.5. The van der Waals surface area contributed by atoms with Crippen molar-refractivity contribution in [2.75, 3.05) is 26.3 Å². The number of halogens is 1. The zero-order valence-electron chi connectivity index (χ0n) is 20.5. The first-order valence-corrected chi connectivity index (χ1v) is 12.3. The second-order valence-corrected chi connectivity index (χ2v) is 10.5. The molecule has 1 fully saturated rings. The molecular formula is C25H32BrN3O6. The second kappa shape index (κ2) is 10.9. The molecule has 2 aromatic rings. The Balaban J connectivity index is 0.000000497. The van der Waals surface area contributed by atoms with Gasteiger partial charge in [-0.3, -0.25) is 14.2 Å². The minimum absolute atomic E-state index is 0.0315. The molecule has 190 valence electrons. The van der Waals surface area contributed by atoms with Crippen molar-refractivity contribution in [1.82, 2.24) is 9.13 Å². The molecule has 0 spiro atoms. The predicted molar refractivity (Wildman–Crippen MR) is 133 cm³/mol. The van der Waals surface area contributed by atoms with Crippen molar-refractivity contribution < 1.29 is 25.1 Å². The number of Topliss-reactive ketones (excluding diaryl/α,β-unsaturated/α-hetero) is 1. The van der Waals surface area contributed by atoms with E-state index in [9.17, 15) is 24.6 Å². The molecule has 1 atom stereocenters. The summed E-state index contributed by atoms with van der Waals surface area (Å²) < 4.78 is 7.31. The summed E-state index contributed by atoms with van der Waals surface area (Å²) in [6.45, 7) is 7.94. The minimum Gasteiger partial charge on any atom is -0.860 e. The van der Waals surface area contributed by atoms with E-state index in [0.29, 0.717) is 10.0 Å². The highest BCUT2D eigenvalue weighted by Crippen LogP contribution is 2.45. The van der Waals surface area contributed by atoms with Gasteiger partial charge >= 0.3 is 5.69 Å². The Labute approximate surface area is 212 Å². The number of benzene rings is 1. The zero-order chi connectivity index (χ0) is 25.9. The van der Waals surface area contributed by atoms with Crippen LogP contribution in [0.4, 0.5) is 0 Å². The van der Waals surface area contributed by atoms with Gasteiger partial charge in [0.2, 0.25) is 0 Å². The average Bonchev–Trinajstić information content (AvgIpc) is 2.81. The van der Waals surface area contributed by atoms with Gasteiger partial charge in [0.25, 0.3) is 5.56 Å². The van der Waals surface area contributed by atoms with Crippen molar-refractivity contribution >= 4 is 21.7 Å². The Morgan fingerprint density at radius 3 is 2.23 bits per heavy atom. The number of hydrogen-bond acceptors (Lipinski definition) is 6. The third-order valence-corrected chi connectivity index (χ3v) is 6.99. The summed E-state index contributed by atoms with van der Waals surface area (Å²) in [6, 6.07) is 6.90. The van der Waals surface area contributed by atoms with Gasteiger partial charge in [0.15, 0.2) is 5.78 Å². The highest BCUT2D eigenvalue weighted by Gasteiger charge is 2.39. The maximum atomic E-state index is 13.1. The van der Waals surface area contributed by atoms with Crippen LogP contribution in [0, 0.1) is 5.41 Å². The van der Waals surface area contributed by atoms with Crippen LogP contribution in [0.1, 0.15) is 43.7 Å². The van der Waals surface area contributed by atoms with Gasteiger partial charge in [-0.1, -0.05) is 48.0 Å². The van der Waals surface area contributed by atoms with Gasteiger partial charge in [0.1, 0.15) is 5.76 Å². The number of aliphatic hydroxyl groups excluding tert-OH is 1. The van der Waals surface area contributed by atoms with Crippen LogP contribution in [-0.2, 0) is 23.6 Å². The topological polar surface area (TPSA) is 130 Å². The number of allylic oxidation sites excluding steroid dienone is 2. The van der Waals surface area contributed by atoms with Crippen LogP contribution in [0.5, 0.6) is 5.88 Å². The second-order valence-electron chi connectivity index (χ2n) is 9.66. The molecule has 9 nitrogen and oxygen atoms in total. The fraction of sp³-hybridized carbons (Fsp3) is 0.480. The minimum atomic E-state index is -1.09. The number of aliphatic hydroxyl groups is 1. The van der Waals surface area contributed by atoms with Crippen LogP contribution in [-0.4, -0.2) is 46.3 Å². The Bertz CT molecular complexity index is 1250. The van der Waals surface area contributed by atoms with Gasteiger partial charge in [-0.05, 0) is 22.9 Å². The standard InChI is InChI=1S/C21H23BrN2O5.C4H9NO/c1-21(2)9-13(25)16(14(26)10-21)15(11-7-5-6-8-12(11)22)17-18(27)23(3)20(29)24(4)19(17)28;1-3-6-4-2-5-1/h5-8,15,25,27H,9-10H2,1-4H3;5H,1-4H2. The summed E-state index contributed by atoms with van der Waals surface area (Å²) in [6.07, 6.45) is 0.420. The Morgan fingerprint density at radius 2 is 1.71 bits per heavy atom. The summed E-state index contributed by atoms with van der Waals surface area (Å²) in [5.74, 6) is -2.33. The lowest BCUT2D eigenvalue weighted by molar-refractivity contribution is -0.670. The van der Waals surface area contributed by atoms with E-state index in [1.165, 1.54) is 14.1 Å². The van der Waals surface area contributed by atoms with E-state index in [2.05, 4.69) is 21.2 Å². The molecule has 2 aliphatic rings. The number of carbonyl (C=O) groups excluding carboxylic acids is 1. The number of rotatable bonds is 3. The van der Waals surface area contributed by atoms with Crippen molar-refractivity contribution in [1.29, 1.82) is 0 Å². The Kier molecular flexibility index (Phi) is 8.40. The van der Waals surface area contributed by atoms with Crippen LogP contribution in [0.25, 0.3) is 0 Å².